The highest BCUT2D eigenvalue weighted by Crippen LogP contribution is 2.33. The number of aromatic carboxylic acids is 1. The summed E-state index contributed by atoms with van der Waals surface area (Å²) in [6.07, 6.45) is 1.43. The number of hydrogen-bond acceptors (Lipinski definition) is 6. The molecule has 1 N–H and O–H groups in total. The van der Waals surface area contributed by atoms with Gasteiger partial charge in [-0.15, -0.1) is 0 Å². The summed E-state index contributed by atoms with van der Waals surface area (Å²) in [4.78, 5) is 23.7. The Morgan fingerprint density at radius 2 is 1.98 bits per heavy atom. The van der Waals surface area contributed by atoms with Gasteiger partial charge in [-0.05, 0) is 54.8 Å². The van der Waals surface area contributed by atoms with E-state index in [1.807, 2.05) is 22.8 Å². The van der Waals surface area contributed by atoms with Gasteiger partial charge in [-0.1, -0.05) is 29.8 Å². The normalized spacial score (nSPS) is 18.5. The molecule has 2 aliphatic rings. The Morgan fingerprint density at radius 3 is 2.72 bits per heavy atom. The fraction of sp³-hybridized carbons (Fsp3) is 0.312. The van der Waals surface area contributed by atoms with E-state index in [4.69, 9.17) is 21.3 Å². The van der Waals surface area contributed by atoms with Crippen molar-refractivity contribution in [3.8, 4) is 6.07 Å². The summed E-state index contributed by atoms with van der Waals surface area (Å²) < 4.78 is 24.9. The fourth-order valence-electron chi connectivity index (χ4n) is 6.22. The van der Waals surface area contributed by atoms with Crippen molar-refractivity contribution < 1.29 is 19.0 Å². The van der Waals surface area contributed by atoms with Gasteiger partial charge in [-0.3, -0.25) is 4.90 Å². The lowest BCUT2D eigenvalue weighted by Crippen LogP contribution is -2.38. The zero-order chi connectivity index (χ0) is 29.8. The molecule has 0 unspecified atom stereocenters. The van der Waals surface area contributed by atoms with Gasteiger partial charge < -0.3 is 19.0 Å². The van der Waals surface area contributed by atoms with E-state index in [0.717, 1.165) is 47.0 Å². The minimum absolute atomic E-state index is 0.0173. The third-order valence-corrected chi connectivity index (χ3v) is 8.89. The molecule has 0 radical (unpaired) electrons. The van der Waals surface area contributed by atoms with Gasteiger partial charge in [0.25, 0.3) is 0 Å². The van der Waals surface area contributed by atoms with Crippen molar-refractivity contribution in [2.24, 2.45) is 0 Å². The van der Waals surface area contributed by atoms with Crippen LogP contribution in [-0.4, -0.2) is 54.3 Å². The molecular formula is C32H28ClFN6O3. The molecule has 7 rings (SSSR count). The van der Waals surface area contributed by atoms with Crippen LogP contribution in [0.25, 0.3) is 22.1 Å². The van der Waals surface area contributed by atoms with E-state index < -0.39 is 11.8 Å². The van der Waals surface area contributed by atoms with Gasteiger partial charge in [-0.25, -0.2) is 19.2 Å². The van der Waals surface area contributed by atoms with Crippen LogP contribution in [0.1, 0.15) is 58.1 Å². The Kier molecular flexibility index (Phi) is 6.89. The first-order chi connectivity index (χ1) is 20.8. The number of carbonyl (C=O) groups is 1. The monoisotopic (exact) mass is 598 g/mol. The second kappa shape index (κ2) is 10.8. The maximum Gasteiger partial charge on any atom is 0.335 e. The minimum Gasteiger partial charge on any atom is -0.478 e. The largest absolute Gasteiger partial charge is 0.478 e. The average Bonchev–Trinajstić information content (AvgIpc) is 3.52. The Hall–Kier alpha value is -4.30. The van der Waals surface area contributed by atoms with Crippen LogP contribution in [0.15, 0.2) is 48.5 Å². The zero-order valence-electron chi connectivity index (χ0n) is 23.4. The Labute approximate surface area is 251 Å². The van der Waals surface area contributed by atoms with E-state index in [0.29, 0.717) is 54.6 Å². The minimum atomic E-state index is -1.18. The van der Waals surface area contributed by atoms with Gasteiger partial charge in [0.2, 0.25) is 0 Å². The van der Waals surface area contributed by atoms with E-state index in [-0.39, 0.29) is 23.2 Å². The number of ether oxygens (including phenoxy) is 1. The second-order valence-corrected chi connectivity index (χ2v) is 11.6. The number of hydrogen-bond donors (Lipinski definition) is 1. The first kappa shape index (κ1) is 27.5. The SMILES string of the molecule is C[C@@H]1c2nc3c(Cc4ccc(Cl)cc4C#N)cccc3n2CCN1Cc1nc2c(F)cc(C(=O)O)cc2n1C[C@@H]1CCO1. The smallest absolute Gasteiger partial charge is 0.335 e. The summed E-state index contributed by atoms with van der Waals surface area (Å²) in [6.45, 7) is 5.15. The summed E-state index contributed by atoms with van der Waals surface area (Å²) in [5.41, 5.74) is 4.95. The fourth-order valence-corrected chi connectivity index (χ4v) is 6.40. The van der Waals surface area contributed by atoms with E-state index >= 15 is 4.39 Å². The van der Waals surface area contributed by atoms with Gasteiger partial charge in [0.05, 0.1) is 59.0 Å². The highest BCUT2D eigenvalue weighted by Gasteiger charge is 2.31. The third-order valence-electron chi connectivity index (χ3n) is 8.66. The summed E-state index contributed by atoms with van der Waals surface area (Å²) in [5.74, 6) is -0.242. The highest BCUT2D eigenvalue weighted by atomic mass is 35.5. The molecule has 3 aromatic carbocycles. The highest BCUT2D eigenvalue weighted by molar-refractivity contribution is 6.30. The summed E-state index contributed by atoms with van der Waals surface area (Å²) in [5, 5.41) is 19.7. The molecule has 0 saturated carbocycles. The van der Waals surface area contributed by atoms with Crippen molar-refractivity contribution in [3.63, 3.8) is 0 Å². The molecule has 4 heterocycles. The number of imidazole rings is 2. The predicted octanol–water partition coefficient (Wildman–Crippen LogP) is 5.70. The van der Waals surface area contributed by atoms with Gasteiger partial charge in [0, 0.05) is 31.1 Å². The Morgan fingerprint density at radius 1 is 1.14 bits per heavy atom. The number of para-hydroxylation sites is 1. The molecule has 0 aliphatic carbocycles. The predicted molar refractivity (Wildman–Crippen MR) is 159 cm³/mol. The van der Waals surface area contributed by atoms with E-state index in [1.165, 1.54) is 6.07 Å². The van der Waals surface area contributed by atoms with Crippen LogP contribution < -0.4 is 0 Å². The van der Waals surface area contributed by atoms with Crippen molar-refractivity contribution in [1.82, 2.24) is 24.0 Å². The number of rotatable bonds is 7. The van der Waals surface area contributed by atoms with Crippen LogP contribution in [0, 0.1) is 17.1 Å². The van der Waals surface area contributed by atoms with E-state index in [1.54, 1.807) is 12.1 Å². The second-order valence-electron chi connectivity index (χ2n) is 11.2. The average molecular weight is 599 g/mol. The number of carboxylic acid groups (broad SMARTS) is 1. The van der Waals surface area contributed by atoms with Gasteiger partial charge in [0.15, 0.2) is 5.82 Å². The maximum atomic E-state index is 15.0. The molecule has 9 nitrogen and oxygen atoms in total. The number of nitrogens with zero attached hydrogens (tertiary/aromatic N) is 6. The molecule has 43 heavy (non-hydrogen) atoms. The van der Waals surface area contributed by atoms with Crippen LogP contribution >= 0.6 is 11.6 Å². The molecule has 1 saturated heterocycles. The van der Waals surface area contributed by atoms with E-state index in [9.17, 15) is 15.2 Å². The third kappa shape index (κ3) is 4.83. The van der Waals surface area contributed by atoms with Gasteiger partial charge in [-0.2, -0.15) is 5.26 Å². The van der Waals surface area contributed by atoms with Gasteiger partial charge in [0.1, 0.15) is 17.2 Å². The molecule has 0 bridgehead atoms. The zero-order valence-corrected chi connectivity index (χ0v) is 24.2. The van der Waals surface area contributed by atoms with Crippen LogP contribution in [0.4, 0.5) is 4.39 Å². The van der Waals surface area contributed by atoms with Crippen LogP contribution in [-0.2, 0) is 30.8 Å². The topological polar surface area (TPSA) is 109 Å². The standard InChI is InChI=1S/C32H28ClFN6O3/c1-18-31-37-29-20(11-19-5-6-23(33)12-22(19)15-35)3-2-4-26(29)39(31)9-8-38(18)17-28-36-30-25(34)13-21(32(41)42)14-27(30)40(28)16-24-7-10-43-24/h2-6,12-14,18,24H,7-11,16-17H2,1H3,(H,41,42)/t18-,24+/m1/s1. The molecule has 2 aliphatic heterocycles. The number of fused-ring (bicyclic) bond motifs is 4. The van der Waals surface area contributed by atoms with Crippen molar-refractivity contribution >= 4 is 39.6 Å². The Balaban J connectivity index is 1.22. The van der Waals surface area contributed by atoms with Crippen LogP contribution in [0.2, 0.25) is 5.02 Å². The quantitative estimate of drug-likeness (QED) is 0.256. The lowest BCUT2D eigenvalue weighted by Gasteiger charge is -2.34. The number of carboxylic acids is 1. The van der Waals surface area contributed by atoms with Crippen LogP contribution in [0.5, 0.6) is 0 Å². The number of halogens is 2. The molecule has 0 amide bonds. The lowest BCUT2D eigenvalue weighted by molar-refractivity contribution is -0.0592. The van der Waals surface area contributed by atoms with E-state index in [2.05, 4.69) is 33.5 Å². The molecule has 2 atom stereocenters. The Bertz CT molecular complexity index is 1960. The van der Waals surface area contributed by atoms with Crippen molar-refractivity contribution in [2.75, 3.05) is 13.2 Å². The number of nitriles is 1. The summed E-state index contributed by atoms with van der Waals surface area (Å²) >= 11 is 6.12. The molecule has 218 valence electrons. The lowest BCUT2D eigenvalue weighted by atomic mass is 9.99. The van der Waals surface area contributed by atoms with Gasteiger partial charge >= 0.3 is 5.97 Å². The number of aromatic nitrogens is 4. The first-order valence-electron chi connectivity index (χ1n) is 14.2. The molecule has 11 heteroatoms. The summed E-state index contributed by atoms with van der Waals surface area (Å²) in [6, 6.07) is 16.2. The molecular weight excluding hydrogens is 571 g/mol. The summed E-state index contributed by atoms with van der Waals surface area (Å²) in [7, 11) is 0. The first-order valence-corrected chi connectivity index (χ1v) is 14.6. The van der Waals surface area contributed by atoms with Crippen LogP contribution in [0.3, 0.4) is 0 Å². The molecule has 1 fully saturated rings. The molecule has 0 spiro atoms. The molecule has 5 aromatic rings. The maximum absolute atomic E-state index is 15.0. The number of benzene rings is 3. The van der Waals surface area contributed by atoms with Crippen molar-refractivity contribution in [3.05, 3.63) is 93.3 Å². The molecule has 2 aromatic heterocycles. The van der Waals surface area contributed by atoms with Crippen molar-refractivity contribution in [1.29, 1.82) is 5.26 Å². The van der Waals surface area contributed by atoms with Crippen molar-refractivity contribution in [2.45, 2.75) is 51.5 Å².